The number of hydrogen-bond acceptors (Lipinski definition) is 3. The lowest BCUT2D eigenvalue weighted by Gasteiger charge is -2.21. The molecule has 1 atom stereocenters. The number of imidazole rings is 1. The first-order valence-electron chi connectivity index (χ1n) is 6.17. The van der Waals surface area contributed by atoms with Crippen LogP contribution in [0.1, 0.15) is 25.6 Å². The van der Waals surface area contributed by atoms with Crippen molar-refractivity contribution in [1.82, 2.24) is 19.8 Å². The molecule has 2 rings (SSSR count). The fourth-order valence-electron chi connectivity index (χ4n) is 2.11. The molecule has 17 heavy (non-hydrogen) atoms. The predicted molar refractivity (Wildman–Crippen MR) is 65.3 cm³/mol. The van der Waals surface area contributed by atoms with Gasteiger partial charge in [0.2, 0.25) is 5.91 Å². The Bertz CT molecular complexity index is 382. The van der Waals surface area contributed by atoms with Gasteiger partial charge in [-0.1, -0.05) is 0 Å². The monoisotopic (exact) mass is 236 g/mol. The summed E-state index contributed by atoms with van der Waals surface area (Å²) in [6.45, 7) is 4.37. The zero-order chi connectivity index (χ0) is 12.3. The van der Waals surface area contributed by atoms with Gasteiger partial charge in [0.25, 0.3) is 0 Å². The highest BCUT2D eigenvalue weighted by molar-refractivity contribution is 5.81. The Balaban J connectivity index is 1.82. The van der Waals surface area contributed by atoms with Crippen LogP contribution in [0, 0.1) is 0 Å². The average Bonchev–Trinajstić information content (AvgIpc) is 2.96. The average molecular weight is 236 g/mol. The number of aryl methyl sites for hydroxylation is 1. The van der Waals surface area contributed by atoms with Gasteiger partial charge in [0, 0.05) is 32.5 Å². The van der Waals surface area contributed by atoms with Gasteiger partial charge in [-0.3, -0.25) is 10.1 Å². The summed E-state index contributed by atoms with van der Waals surface area (Å²) in [5.74, 6) is 1.16. The van der Waals surface area contributed by atoms with E-state index >= 15 is 0 Å². The first-order valence-corrected chi connectivity index (χ1v) is 6.17. The van der Waals surface area contributed by atoms with Gasteiger partial charge >= 0.3 is 0 Å². The van der Waals surface area contributed by atoms with E-state index in [4.69, 9.17) is 0 Å². The molecule has 1 aromatic rings. The van der Waals surface area contributed by atoms with Crippen LogP contribution in [0.5, 0.6) is 0 Å². The van der Waals surface area contributed by atoms with Crippen molar-refractivity contribution in [2.24, 2.45) is 7.05 Å². The zero-order valence-electron chi connectivity index (χ0n) is 10.5. The normalized spacial score (nSPS) is 17.4. The molecule has 1 aromatic heterocycles. The second-order valence-electron chi connectivity index (χ2n) is 4.59. The molecule has 5 heteroatoms. The summed E-state index contributed by atoms with van der Waals surface area (Å²) in [4.78, 5) is 18.2. The summed E-state index contributed by atoms with van der Waals surface area (Å²) in [5.41, 5.74) is 0. The van der Waals surface area contributed by atoms with Crippen LogP contribution < -0.4 is 5.32 Å². The maximum absolute atomic E-state index is 12.0. The molecular formula is C12H20N4O. The molecule has 1 amide bonds. The highest BCUT2D eigenvalue weighted by atomic mass is 16.2. The third kappa shape index (κ3) is 2.85. The molecule has 0 bridgehead atoms. The molecule has 5 nitrogen and oxygen atoms in total. The highest BCUT2D eigenvalue weighted by Crippen LogP contribution is 2.09. The second kappa shape index (κ2) is 5.31. The first kappa shape index (κ1) is 12.1. The van der Waals surface area contributed by atoms with Crippen LogP contribution in [0.2, 0.25) is 0 Å². The molecule has 0 saturated carbocycles. The van der Waals surface area contributed by atoms with Crippen LogP contribution in [0.25, 0.3) is 0 Å². The van der Waals surface area contributed by atoms with E-state index in [-0.39, 0.29) is 11.9 Å². The fourth-order valence-corrected chi connectivity index (χ4v) is 2.11. The number of amides is 1. The van der Waals surface area contributed by atoms with Crippen molar-refractivity contribution in [3.05, 3.63) is 18.2 Å². The molecule has 1 aliphatic rings. The molecule has 94 valence electrons. The van der Waals surface area contributed by atoms with Crippen molar-refractivity contribution in [3.63, 3.8) is 0 Å². The SMILES string of the molecule is CC(NCc1nccn1C)C(=O)N1CCCC1. The molecule has 1 N–H and O–H groups in total. The van der Waals surface area contributed by atoms with Gasteiger partial charge in [-0.25, -0.2) is 4.98 Å². The van der Waals surface area contributed by atoms with Crippen LogP contribution in [-0.2, 0) is 18.4 Å². The van der Waals surface area contributed by atoms with Crippen LogP contribution >= 0.6 is 0 Å². The van der Waals surface area contributed by atoms with E-state index in [1.807, 2.05) is 29.6 Å². The minimum atomic E-state index is -0.134. The number of nitrogens with zero attached hydrogens (tertiary/aromatic N) is 3. The predicted octanol–water partition coefficient (Wildman–Crippen LogP) is 0.521. The number of rotatable bonds is 4. The van der Waals surface area contributed by atoms with Gasteiger partial charge in [-0.2, -0.15) is 0 Å². The van der Waals surface area contributed by atoms with Crippen LogP contribution in [0.4, 0.5) is 0 Å². The van der Waals surface area contributed by atoms with E-state index in [0.29, 0.717) is 6.54 Å². The summed E-state index contributed by atoms with van der Waals surface area (Å²) in [7, 11) is 1.96. The summed E-state index contributed by atoms with van der Waals surface area (Å²) < 4.78 is 1.96. The van der Waals surface area contributed by atoms with Crippen LogP contribution in [-0.4, -0.2) is 39.5 Å². The summed E-state index contributed by atoms with van der Waals surface area (Å²) >= 11 is 0. The van der Waals surface area contributed by atoms with Crippen molar-refractivity contribution in [1.29, 1.82) is 0 Å². The van der Waals surface area contributed by atoms with E-state index in [1.165, 1.54) is 0 Å². The Morgan fingerprint density at radius 1 is 1.53 bits per heavy atom. The standard InChI is InChI=1S/C12H20N4O/c1-10(12(17)16-6-3-4-7-16)14-9-11-13-5-8-15(11)2/h5,8,10,14H,3-4,6-7,9H2,1-2H3. The van der Waals surface area contributed by atoms with Gasteiger partial charge in [0.1, 0.15) is 5.82 Å². The van der Waals surface area contributed by atoms with Crippen molar-refractivity contribution >= 4 is 5.91 Å². The lowest BCUT2D eigenvalue weighted by atomic mass is 10.3. The van der Waals surface area contributed by atoms with E-state index < -0.39 is 0 Å². The van der Waals surface area contributed by atoms with Gasteiger partial charge in [-0.05, 0) is 19.8 Å². The van der Waals surface area contributed by atoms with E-state index in [9.17, 15) is 4.79 Å². The maximum Gasteiger partial charge on any atom is 0.239 e. The smallest absolute Gasteiger partial charge is 0.239 e. The number of nitrogens with one attached hydrogen (secondary N) is 1. The van der Waals surface area contributed by atoms with E-state index in [1.54, 1.807) is 6.20 Å². The summed E-state index contributed by atoms with van der Waals surface area (Å²) in [5, 5.41) is 3.23. The highest BCUT2D eigenvalue weighted by Gasteiger charge is 2.22. The third-order valence-corrected chi connectivity index (χ3v) is 3.28. The molecule has 1 fully saturated rings. The first-order chi connectivity index (χ1) is 8.18. The second-order valence-corrected chi connectivity index (χ2v) is 4.59. The van der Waals surface area contributed by atoms with Crippen molar-refractivity contribution < 1.29 is 4.79 Å². The van der Waals surface area contributed by atoms with Crippen LogP contribution in [0.3, 0.4) is 0 Å². The molecule has 2 heterocycles. The van der Waals surface area contributed by atoms with Gasteiger partial charge in [0.05, 0.1) is 12.6 Å². The quantitative estimate of drug-likeness (QED) is 0.829. The Labute approximate surface area is 102 Å². The minimum Gasteiger partial charge on any atom is -0.341 e. The third-order valence-electron chi connectivity index (χ3n) is 3.28. The van der Waals surface area contributed by atoms with Gasteiger partial charge in [0.15, 0.2) is 0 Å². The zero-order valence-corrected chi connectivity index (χ0v) is 10.5. The molecule has 1 unspecified atom stereocenters. The lowest BCUT2D eigenvalue weighted by molar-refractivity contribution is -0.132. The maximum atomic E-state index is 12.0. The number of hydrogen-bond donors (Lipinski definition) is 1. The molecule has 0 aliphatic carbocycles. The largest absolute Gasteiger partial charge is 0.341 e. The molecule has 1 aliphatic heterocycles. The Morgan fingerprint density at radius 2 is 2.24 bits per heavy atom. The van der Waals surface area contributed by atoms with Crippen molar-refractivity contribution in [3.8, 4) is 0 Å². The van der Waals surface area contributed by atoms with Crippen molar-refractivity contribution in [2.45, 2.75) is 32.4 Å². The molecule has 0 radical (unpaired) electrons. The molecule has 1 saturated heterocycles. The minimum absolute atomic E-state index is 0.134. The fraction of sp³-hybridized carbons (Fsp3) is 0.667. The Morgan fingerprint density at radius 3 is 2.82 bits per heavy atom. The number of carbonyl (C=O) groups is 1. The van der Waals surface area contributed by atoms with Gasteiger partial charge in [-0.15, -0.1) is 0 Å². The molecule has 0 spiro atoms. The summed E-state index contributed by atoms with van der Waals surface area (Å²) in [6, 6.07) is -0.134. The Hall–Kier alpha value is -1.36. The molecular weight excluding hydrogens is 216 g/mol. The van der Waals surface area contributed by atoms with Crippen LogP contribution in [0.15, 0.2) is 12.4 Å². The number of carbonyl (C=O) groups excluding carboxylic acids is 1. The topological polar surface area (TPSA) is 50.2 Å². The Kier molecular flexibility index (Phi) is 3.78. The lowest BCUT2D eigenvalue weighted by Crippen LogP contribution is -2.43. The van der Waals surface area contributed by atoms with Gasteiger partial charge < -0.3 is 9.47 Å². The van der Waals surface area contributed by atoms with E-state index in [2.05, 4.69) is 10.3 Å². The number of aromatic nitrogens is 2. The number of likely N-dealkylation sites (tertiary alicyclic amines) is 1. The van der Waals surface area contributed by atoms with Crippen molar-refractivity contribution in [2.75, 3.05) is 13.1 Å². The molecule has 0 aromatic carbocycles. The van der Waals surface area contributed by atoms with E-state index in [0.717, 1.165) is 31.8 Å². The summed E-state index contributed by atoms with van der Waals surface area (Å²) in [6.07, 6.45) is 5.95.